The summed E-state index contributed by atoms with van der Waals surface area (Å²) in [5, 5.41) is 12.4. The van der Waals surface area contributed by atoms with E-state index in [1.807, 2.05) is 32.9 Å². The number of nitriles is 1. The van der Waals surface area contributed by atoms with Gasteiger partial charge in [0, 0.05) is 12.4 Å². The van der Waals surface area contributed by atoms with Gasteiger partial charge in [-0.25, -0.2) is 0 Å². The van der Waals surface area contributed by atoms with E-state index in [1.165, 1.54) is 0 Å². The molecule has 1 amide bonds. The minimum absolute atomic E-state index is 0.119. The minimum Gasteiger partial charge on any atom is -0.348 e. The van der Waals surface area contributed by atoms with Gasteiger partial charge >= 0.3 is 0 Å². The van der Waals surface area contributed by atoms with E-state index in [2.05, 4.69) is 16.4 Å². The van der Waals surface area contributed by atoms with E-state index in [4.69, 9.17) is 0 Å². The summed E-state index contributed by atoms with van der Waals surface area (Å²) in [6.07, 6.45) is 6.26. The molecule has 1 rings (SSSR count). The Balaban J connectivity index is 2.84. The van der Waals surface area contributed by atoms with Gasteiger partial charge in [-0.05, 0) is 37.5 Å². The molecular formula is C16H23N3O. The summed E-state index contributed by atoms with van der Waals surface area (Å²) in [6, 6.07) is 5.88. The van der Waals surface area contributed by atoms with E-state index < -0.39 is 5.41 Å². The summed E-state index contributed by atoms with van der Waals surface area (Å²) >= 11 is 0. The van der Waals surface area contributed by atoms with Crippen LogP contribution in [0.15, 0.2) is 24.5 Å². The van der Waals surface area contributed by atoms with Crippen molar-refractivity contribution in [2.45, 2.75) is 52.5 Å². The molecule has 0 aromatic carbocycles. The first-order valence-corrected chi connectivity index (χ1v) is 7.21. The SMILES string of the molecule is CCCC(C#N)(CCC)C(=O)NC(C)c1ccncc1. The van der Waals surface area contributed by atoms with E-state index in [-0.39, 0.29) is 11.9 Å². The van der Waals surface area contributed by atoms with Gasteiger partial charge in [-0.3, -0.25) is 9.78 Å². The molecule has 1 unspecified atom stereocenters. The van der Waals surface area contributed by atoms with Gasteiger partial charge < -0.3 is 5.32 Å². The highest BCUT2D eigenvalue weighted by atomic mass is 16.2. The highest BCUT2D eigenvalue weighted by Crippen LogP contribution is 2.30. The van der Waals surface area contributed by atoms with Crippen LogP contribution in [0.25, 0.3) is 0 Å². The summed E-state index contributed by atoms with van der Waals surface area (Å²) in [5.74, 6) is -0.159. The number of carbonyl (C=O) groups excluding carboxylic acids is 1. The van der Waals surface area contributed by atoms with Crippen LogP contribution in [0.3, 0.4) is 0 Å². The van der Waals surface area contributed by atoms with E-state index in [0.29, 0.717) is 12.8 Å². The summed E-state index contributed by atoms with van der Waals surface area (Å²) in [5.41, 5.74) is 0.0957. The van der Waals surface area contributed by atoms with Crippen molar-refractivity contribution in [2.75, 3.05) is 0 Å². The molecule has 1 atom stereocenters. The maximum atomic E-state index is 12.5. The van der Waals surface area contributed by atoms with Crippen LogP contribution >= 0.6 is 0 Å². The normalized spacial score (nSPS) is 12.5. The lowest BCUT2D eigenvalue weighted by atomic mass is 9.79. The van der Waals surface area contributed by atoms with Gasteiger partial charge in [-0.1, -0.05) is 26.7 Å². The van der Waals surface area contributed by atoms with Gasteiger partial charge in [0.25, 0.3) is 0 Å². The average Bonchev–Trinajstić information content (AvgIpc) is 2.47. The lowest BCUT2D eigenvalue weighted by molar-refractivity contribution is -0.129. The van der Waals surface area contributed by atoms with Crippen molar-refractivity contribution in [1.82, 2.24) is 10.3 Å². The number of carbonyl (C=O) groups is 1. The molecule has 1 N–H and O–H groups in total. The van der Waals surface area contributed by atoms with Crippen molar-refractivity contribution in [3.05, 3.63) is 30.1 Å². The van der Waals surface area contributed by atoms with Crippen LogP contribution in [0.4, 0.5) is 0 Å². The molecule has 0 spiro atoms. The fourth-order valence-electron chi connectivity index (χ4n) is 2.44. The zero-order valence-electron chi connectivity index (χ0n) is 12.5. The molecule has 0 saturated carbocycles. The molecule has 0 aliphatic carbocycles. The molecule has 0 radical (unpaired) electrons. The fraction of sp³-hybridized carbons (Fsp3) is 0.562. The van der Waals surface area contributed by atoms with Crippen molar-refractivity contribution in [1.29, 1.82) is 5.26 Å². The van der Waals surface area contributed by atoms with Gasteiger partial charge in [-0.2, -0.15) is 5.26 Å². The van der Waals surface area contributed by atoms with Crippen molar-refractivity contribution in [2.24, 2.45) is 5.41 Å². The number of nitrogens with zero attached hydrogens (tertiary/aromatic N) is 2. The Kier molecular flexibility index (Phi) is 6.17. The summed E-state index contributed by atoms with van der Waals surface area (Å²) in [6.45, 7) is 5.93. The van der Waals surface area contributed by atoms with Gasteiger partial charge in [0.05, 0.1) is 12.1 Å². The highest BCUT2D eigenvalue weighted by Gasteiger charge is 2.37. The number of aromatic nitrogens is 1. The molecule has 1 aromatic heterocycles. The number of nitrogens with one attached hydrogen (secondary N) is 1. The standard InChI is InChI=1S/C16H23N3O/c1-4-8-16(12-17,9-5-2)15(20)19-13(3)14-6-10-18-11-7-14/h6-7,10-11,13H,4-5,8-9H2,1-3H3,(H,19,20). The molecule has 0 bridgehead atoms. The van der Waals surface area contributed by atoms with Gasteiger partial charge in [-0.15, -0.1) is 0 Å². The van der Waals surface area contributed by atoms with Crippen LogP contribution < -0.4 is 5.32 Å². The second-order valence-corrected chi connectivity index (χ2v) is 5.17. The predicted octanol–water partition coefficient (Wildman–Crippen LogP) is 3.37. The molecule has 0 saturated heterocycles. The van der Waals surface area contributed by atoms with Crippen LogP contribution in [0.1, 0.15) is 58.1 Å². The molecule has 4 heteroatoms. The number of rotatable bonds is 7. The van der Waals surface area contributed by atoms with Gasteiger partial charge in [0.15, 0.2) is 0 Å². The maximum Gasteiger partial charge on any atom is 0.240 e. The van der Waals surface area contributed by atoms with Crippen LogP contribution in [0.2, 0.25) is 0 Å². The topological polar surface area (TPSA) is 65.8 Å². The fourth-order valence-corrected chi connectivity index (χ4v) is 2.44. The largest absolute Gasteiger partial charge is 0.348 e. The van der Waals surface area contributed by atoms with E-state index >= 15 is 0 Å². The Morgan fingerprint density at radius 2 is 1.90 bits per heavy atom. The molecule has 4 nitrogen and oxygen atoms in total. The summed E-state index contributed by atoms with van der Waals surface area (Å²) < 4.78 is 0. The maximum absolute atomic E-state index is 12.5. The highest BCUT2D eigenvalue weighted by molar-refractivity contribution is 5.85. The monoisotopic (exact) mass is 273 g/mol. The van der Waals surface area contributed by atoms with E-state index in [0.717, 1.165) is 18.4 Å². The molecule has 1 heterocycles. The molecule has 108 valence electrons. The number of amides is 1. The molecule has 0 fully saturated rings. The van der Waals surface area contributed by atoms with Crippen molar-refractivity contribution in [3.8, 4) is 6.07 Å². The summed E-state index contributed by atoms with van der Waals surface area (Å²) in [4.78, 5) is 16.5. The quantitative estimate of drug-likeness (QED) is 0.828. The minimum atomic E-state index is -0.898. The third-order valence-electron chi connectivity index (χ3n) is 3.56. The Morgan fingerprint density at radius 1 is 1.35 bits per heavy atom. The molecular weight excluding hydrogens is 250 g/mol. The van der Waals surface area contributed by atoms with E-state index in [1.54, 1.807) is 12.4 Å². The molecule has 0 aliphatic rings. The molecule has 20 heavy (non-hydrogen) atoms. The Bertz CT molecular complexity index is 458. The van der Waals surface area contributed by atoms with Gasteiger partial charge in [0.1, 0.15) is 5.41 Å². The first-order chi connectivity index (χ1) is 9.59. The number of hydrogen-bond donors (Lipinski definition) is 1. The lowest BCUT2D eigenvalue weighted by Crippen LogP contribution is -2.41. The zero-order chi connectivity index (χ0) is 15.0. The van der Waals surface area contributed by atoms with Crippen molar-refractivity contribution >= 4 is 5.91 Å². The third kappa shape index (κ3) is 3.80. The third-order valence-corrected chi connectivity index (χ3v) is 3.56. The molecule has 0 aliphatic heterocycles. The Labute approximate surface area is 121 Å². The second kappa shape index (κ2) is 7.64. The average molecular weight is 273 g/mol. The Hall–Kier alpha value is -1.89. The van der Waals surface area contributed by atoms with Crippen LogP contribution in [-0.4, -0.2) is 10.9 Å². The first-order valence-electron chi connectivity index (χ1n) is 7.21. The number of pyridine rings is 1. The van der Waals surface area contributed by atoms with Crippen LogP contribution in [0, 0.1) is 16.7 Å². The smallest absolute Gasteiger partial charge is 0.240 e. The van der Waals surface area contributed by atoms with E-state index in [9.17, 15) is 10.1 Å². The van der Waals surface area contributed by atoms with Crippen LogP contribution in [-0.2, 0) is 4.79 Å². The Morgan fingerprint density at radius 3 is 2.35 bits per heavy atom. The van der Waals surface area contributed by atoms with Crippen molar-refractivity contribution in [3.63, 3.8) is 0 Å². The van der Waals surface area contributed by atoms with Crippen LogP contribution in [0.5, 0.6) is 0 Å². The first kappa shape index (κ1) is 16.2. The second-order valence-electron chi connectivity index (χ2n) is 5.17. The van der Waals surface area contributed by atoms with Crippen molar-refractivity contribution < 1.29 is 4.79 Å². The summed E-state index contributed by atoms with van der Waals surface area (Å²) in [7, 11) is 0. The molecule has 1 aromatic rings. The number of hydrogen-bond acceptors (Lipinski definition) is 3. The zero-order valence-corrected chi connectivity index (χ0v) is 12.5. The lowest BCUT2D eigenvalue weighted by Gasteiger charge is -2.26. The van der Waals surface area contributed by atoms with Gasteiger partial charge in [0.2, 0.25) is 5.91 Å². The predicted molar refractivity (Wildman–Crippen MR) is 78.7 cm³/mol.